The highest BCUT2D eigenvalue weighted by atomic mass is 19.1. The molecule has 6 heteroatoms. The molecule has 3 rings (SSSR count). The molecule has 1 aliphatic carbocycles. The number of nitrogens with one attached hydrogen (secondary N) is 1. The van der Waals surface area contributed by atoms with Gasteiger partial charge in [-0.15, -0.1) is 0 Å². The summed E-state index contributed by atoms with van der Waals surface area (Å²) in [4.78, 5) is 26.6. The standard InChI is InChI=1S/C22H29FN2O3/c1-13(2)20-18-11-14-10-15(23)6-7-16(14)17(18)8-9-25(20)19(26)12-24-21(27)28-22(3,4)5/h6-7,10,13,20H,8-9,11-12H2,1-5H3,(H,24,27). The third-order valence-electron chi connectivity index (χ3n) is 5.19. The summed E-state index contributed by atoms with van der Waals surface area (Å²) < 4.78 is 18.9. The lowest BCUT2D eigenvalue weighted by Gasteiger charge is -2.40. The van der Waals surface area contributed by atoms with Gasteiger partial charge in [0.15, 0.2) is 0 Å². The fraction of sp³-hybridized carbons (Fsp3) is 0.545. The molecule has 1 unspecified atom stereocenters. The summed E-state index contributed by atoms with van der Waals surface area (Å²) in [6.45, 7) is 10.0. The number of hydrogen-bond donors (Lipinski definition) is 1. The first kappa shape index (κ1) is 20.4. The molecule has 2 aliphatic rings. The highest BCUT2D eigenvalue weighted by Crippen LogP contribution is 2.42. The predicted octanol–water partition coefficient (Wildman–Crippen LogP) is 3.92. The average molecular weight is 388 g/mol. The third-order valence-corrected chi connectivity index (χ3v) is 5.19. The quantitative estimate of drug-likeness (QED) is 0.854. The normalized spacial score (nSPS) is 18.8. The number of alkyl carbamates (subject to hydrolysis) is 1. The minimum atomic E-state index is -0.608. The van der Waals surface area contributed by atoms with Crippen LogP contribution in [-0.4, -0.2) is 41.6 Å². The minimum Gasteiger partial charge on any atom is -0.444 e. The Bertz CT molecular complexity index is 824. The summed E-state index contributed by atoms with van der Waals surface area (Å²) >= 11 is 0. The Labute approximate surface area is 165 Å². The van der Waals surface area contributed by atoms with Gasteiger partial charge < -0.3 is 15.0 Å². The van der Waals surface area contributed by atoms with Crippen LogP contribution in [0.4, 0.5) is 9.18 Å². The second-order valence-electron chi connectivity index (χ2n) is 8.86. The fourth-order valence-electron chi connectivity index (χ4n) is 4.23. The molecule has 152 valence electrons. The van der Waals surface area contributed by atoms with Gasteiger partial charge >= 0.3 is 6.09 Å². The number of nitrogens with zero attached hydrogens (tertiary/aromatic N) is 1. The van der Waals surface area contributed by atoms with Gasteiger partial charge in [-0.25, -0.2) is 9.18 Å². The zero-order chi connectivity index (χ0) is 20.6. The number of benzene rings is 1. The van der Waals surface area contributed by atoms with Crippen molar-refractivity contribution in [2.75, 3.05) is 13.1 Å². The molecule has 1 aromatic rings. The lowest BCUT2D eigenvalue weighted by Crippen LogP contribution is -2.51. The van der Waals surface area contributed by atoms with E-state index in [0.717, 1.165) is 17.5 Å². The molecule has 0 saturated carbocycles. The van der Waals surface area contributed by atoms with E-state index in [4.69, 9.17) is 4.74 Å². The smallest absolute Gasteiger partial charge is 0.408 e. The highest BCUT2D eigenvalue weighted by molar-refractivity contribution is 5.86. The summed E-state index contributed by atoms with van der Waals surface area (Å²) in [7, 11) is 0. The first-order chi connectivity index (χ1) is 13.1. The summed E-state index contributed by atoms with van der Waals surface area (Å²) in [6.07, 6.45) is 0.826. The molecule has 2 amide bonds. The van der Waals surface area contributed by atoms with Crippen LogP contribution >= 0.6 is 0 Å². The molecule has 0 aromatic heterocycles. The highest BCUT2D eigenvalue weighted by Gasteiger charge is 2.38. The zero-order valence-corrected chi connectivity index (χ0v) is 17.3. The SMILES string of the molecule is CC(C)C1C2=C(CCN1C(=O)CNC(=O)OC(C)(C)C)c1ccc(F)cc1C2. The molecular weight excluding hydrogens is 359 g/mol. The maximum atomic E-state index is 13.7. The van der Waals surface area contributed by atoms with Crippen LogP contribution in [0.2, 0.25) is 0 Å². The Morgan fingerprint density at radius 3 is 2.68 bits per heavy atom. The van der Waals surface area contributed by atoms with Gasteiger partial charge in [-0.05, 0) is 73.9 Å². The van der Waals surface area contributed by atoms with Crippen LogP contribution in [0, 0.1) is 11.7 Å². The largest absolute Gasteiger partial charge is 0.444 e. The van der Waals surface area contributed by atoms with Crippen molar-refractivity contribution in [2.45, 2.75) is 59.1 Å². The van der Waals surface area contributed by atoms with Crippen molar-refractivity contribution < 1.29 is 18.7 Å². The number of rotatable bonds is 3. The number of halogens is 1. The molecular formula is C22H29FN2O3. The summed E-state index contributed by atoms with van der Waals surface area (Å²) in [6, 6.07) is 4.90. The topological polar surface area (TPSA) is 58.6 Å². The Morgan fingerprint density at radius 1 is 1.32 bits per heavy atom. The maximum Gasteiger partial charge on any atom is 0.408 e. The van der Waals surface area contributed by atoms with E-state index < -0.39 is 11.7 Å². The van der Waals surface area contributed by atoms with Crippen LogP contribution in [0.3, 0.4) is 0 Å². The molecule has 0 saturated heterocycles. The Hall–Kier alpha value is -2.37. The third kappa shape index (κ3) is 4.21. The van der Waals surface area contributed by atoms with Gasteiger partial charge in [0, 0.05) is 6.54 Å². The Balaban J connectivity index is 1.74. The monoisotopic (exact) mass is 388 g/mol. The van der Waals surface area contributed by atoms with E-state index in [2.05, 4.69) is 19.2 Å². The van der Waals surface area contributed by atoms with E-state index in [9.17, 15) is 14.0 Å². The molecule has 1 aliphatic heterocycles. The predicted molar refractivity (Wildman–Crippen MR) is 106 cm³/mol. The first-order valence-corrected chi connectivity index (χ1v) is 9.84. The Morgan fingerprint density at radius 2 is 2.04 bits per heavy atom. The van der Waals surface area contributed by atoms with Gasteiger partial charge in [0.2, 0.25) is 5.91 Å². The number of carbonyl (C=O) groups is 2. The van der Waals surface area contributed by atoms with Gasteiger partial charge in [0.1, 0.15) is 18.0 Å². The lowest BCUT2D eigenvalue weighted by atomic mass is 9.86. The zero-order valence-electron chi connectivity index (χ0n) is 17.3. The number of amides is 2. The van der Waals surface area contributed by atoms with Crippen molar-refractivity contribution in [1.29, 1.82) is 0 Å². The van der Waals surface area contributed by atoms with Crippen molar-refractivity contribution in [3.63, 3.8) is 0 Å². The second-order valence-corrected chi connectivity index (χ2v) is 8.86. The lowest BCUT2D eigenvalue weighted by molar-refractivity contribution is -0.132. The minimum absolute atomic E-state index is 0.0489. The number of hydrogen-bond acceptors (Lipinski definition) is 3. The molecule has 5 nitrogen and oxygen atoms in total. The Kier molecular flexibility index (Phi) is 5.50. The molecule has 1 heterocycles. The van der Waals surface area contributed by atoms with Gasteiger partial charge in [-0.1, -0.05) is 19.9 Å². The number of fused-ring (bicyclic) bond motifs is 2. The summed E-state index contributed by atoms with van der Waals surface area (Å²) in [5.74, 6) is -0.137. The van der Waals surface area contributed by atoms with Crippen molar-refractivity contribution >= 4 is 17.6 Å². The van der Waals surface area contributed by atoms with Crippen molar-refractivity contribution in [3.8, 4) is 0 Å². The second kappa shape index (κ2) is 7.57. The molecule has 1 N–H and O–H groups in total. The van der Waals surface area contributed by atoms with Crippen LogP contribution in [0.25, 0.3) is 5.57 Å². The summed E-state index contributed by atoms with van der Waals surface area (Å²) in [5.41, 5.74) is 3.95. The van der Waals surface area contributed by atoms with E-state index in [1.165, 1.54) is 17.2 Å². The molecule has 0 bridgehead atoms. The van der Waals surface area contributed by atoms with Crippen LogP contribution in [0.5, 0.6) is 0 Å². The van der Waals surface area contributed by atoms with Crippen molar-refractivity contribution in [1.82, 2.24) is 10.2 Å². The molecule has 0 fully saturated rings. The first-order valence-electron chi connectivity index (χ1n) is 9.84. The van der Waals surface area contributed by atoms with Gasteiger partial charge in [-0.3, -0.25) is 4.79 Å². The molecule has 1 atom stereocenters. The van der Waals surface area contributed by atoms with Crippen molar-refractivity contribution in [3.05, 3.63) is 40.7 Å². The molecule has 0 radical (unpaired) electrons. The van der Waals surface area contributed by atoms with Crippen molar-refractivity contribution in [2.24, 2.45) is 5.92 Å². The average Bonchev–Trinajstić information content (AvgIpc) is 2.94. The van der Waals surface area contributed by atoms with Crippen LogP contribution in [0.15, 0.2) is 23.8 Å². The number of ether oxygens (including phenoxy) is 1. The fourth-order valence-corrected chi connectivity index (χ4v) is 4.23. The molecule has 28 heavy (non-hydrogen) atoms. The van der Waals surface area contributed by atoms with Gasteiger partial charge in [-0.2, -0.15) is 0 Å². The number of carbonyl (C=O) groups excluding carboxylic acids is 2. The van der Waals surface area contributed by atoms with Gasteiger partial charge in [0.05, 0.1) is 6.04 Å². The van der Waals surface area contributed by atoms with Crippen LogP contribution in [0.1, 0.15) is 52.2 Å². The van der Waals surface area contributed by atoms with E-state index in [1.54, 1.807) is 26.8 Å². The van der Waals surface area contributed by atoms with E-state index in [1.807, 2.05) is 11.0 Å². The van der Waals surface area contributed by atoms with Gasteiger partial charge in [0.25, 0.3) is 0 Å². The van der Waals surface area contributed by atoms with E-state index >= 15 is 0 Å². The molecule has 0 spiro atoms. The summed E-state index contributed by atoms with van der Waals surface area (Å²) in [5, 5.41) is 2.56. The van der Waals surface area contributed by atoms with E-state index in [-0.39, 0.29) is 30.2 Å². The van der Waals surface area contributed by atoms with Crippen LogP contribution < -0.4 is 5.32 Å². The van der Waals surface area contributed by atoms with E-state index in [0.29, 0.717) is 13.0 Å². The maximum absolute atomic E-state index is 13.7. The van der Waals surface area contributed by atoms with Crippen LogP contribution in [-0.2, 0) is 16.0 Å². The molecule has 1 aromatic carbocycles.